The van der Waals surface area contributed by atoms with Crippen LogP contribution in [-0.4, -0.2) is 28.4 Å². The molecule has 3 nitrogen and oxygen atoms in total. The number of ether oxygens (including phenoxy) is 1. The largest absolute Gasteiger partial charge is 0.493 e. The number of nitrogens with one attached hydrogen (secondary N) is 1. The molecule has 0 spiro atoms. The second-order valence-electron chi connectivity index (χ2n) is 5.16. The first-order valence-corrected chi connectivity index (χ1v) is 9.04. The Morgan fingerprint density at radius 2 is 2.05 bits per heavy atom. The lowest BCUT2D eigenvalue weighted by Crippen LogP contribution is -2.39. The van der Waals surface area contributed by atoms with Crippen LogP contribution in [0.3, 0.4) is 0 Å². The van der Waals surface area contributed by atoms with Crippen molar-refractivity contribution in [1.82, 2.24) is 5.32 Å². The molecular formula is C14H18BrNO2S. The van der Waals surface area contributed by atoms with E-state index in [1.165, 1.54) is 5.56 Å². The van der Waals surface area contributed by atoms with E-state index in [2.05, 4.69) is 27.3 Å². The lowest BCUT2D eigenvalue weighted by atomic mass is 9.98. The van der Waals surface area contributed by atoms with Crippen molar-refractivity contribution in [2.45, 2.75) is 31.3 Å². The molecule has 2 heterocycles. The van der Waals surface area contributed by atoms with Crippen LogP contribution in [0, 0.1) is 0 Å². The van der Waals surface area contributed by atoms with Gasteiger partial charge >= 0.3 is 0 Å². The second kappa shape index (κ2) is 5.94. The summed E-state index contributed by atoms with van der Waals surface area (Å²) >= 11 is 3.53. The number of rotatable bonds is 2. The summed E-state index contributed by atoms with van der Waals surface area (Å²) in [6.45, 7) is 0.769. The van der Waals surface area contributed by atoms with Gasteiger partial charge < -0.3 is 10.1 Å². The molecule has 2 aliphatic rings. The van der Waals surface area contributed by atoms with Crippen LogP contribution < -0.4 is 10.1 Å². The Morgan fingerprint density at radius 3 is 2.84 bits per heavy atom. The molecule has 0 saturated carbocycles. The summed E-state index contributed by atoms with van der Waals surface area (Å²) in [5.41, 5.74) is 1.24. The minimum absolute atomic E-state index is 0.359. The van der Waals surface area contributed by atoms with Gasteiger partial charge in [0, 0.05) is 50.8 Å². The molecule has 0 radical (unpaired) electrons. The highest BCUT2D eigenvalue weighted by atomic mass is 79.9. The van der Waals surface area contributed by atoms with Gasteiger partial charge in [-0.05, 0) is 31.0 Å². The SMILES string of the molecule is O=S1CCC(NC2CCOc3ccc(Br)cc32)CC1. The van der Waals surface area contributed by atoms with E-state index >= 15 is 0 Å². The van der Waals surface area contributed by atoms with Crippen LogP contribution in [0.5, 0.6) is 5.75 Å². The van der Waals surface area contributed by atoms with Gasteiger partial charge in [0.25, 0.3) is 0 Å². The molecule has 5 heteroatoms. The number of hydrogen-bond acceptors (Lipinski definition) is 3. The lowest BCUT2D eigenvalue weighted by molar-refractivity contribution is 0.241. The molecule has 0 aliphatic carbocycles. The van der Waals surface area contributed by atoms with Gasteiger partial charge in [-0.1, -0.05) is 15.9 Å². The van der Waals surface area contributed by atoms with Crippen molar-refractivity contribution in [2.24, 2.45) is 0 Å². The van der Waals surface area contributed by atoms with Crippen LogP contribution in [0.1, 0.15) is 30.9 Å². The van der Waals surface area contributed by atoms with E-state index in [0.717, 1.165) is 47.6 Å². The Morgan fingerprint density at radius 1 is 1.26 bits per heavy atom. The maximum atomic E-state index is 11.4. The van der Waals surface area contributed by atoms with Gasteiger partial charge in [0.2, 0.25) is 0 Å². The van der Waals surface area contributed by atoms with Crippen molar-refractivity contribution < 1.29 is 8.95 Å². The van der Waals surface area contributed by atoms with Crippen molar-refractivity contribution in [1.29, 1.82) is 0 Å². The highest BCUT2D eigenvalue weighted by Gasteiger charge is 2.26. The lowest BCUT2D eigenvalue weighted by Gasteiger charge is -2.32. The third-order valence-corrected chi connectivity index (χ3v) is 5.71. The van der Waals surface area contributed by atoms with Crippen LogP contribution in [0.4, 0.5) is 0 Å². The molecule has 1 unspecified atom stereocenters. The van der Waals surface area contributed by atoms with E-state index < -0.39 is 10.8 Å². The molecule has 104 valence electrons. The van der Waals surface area contributed by atoms with Crippen molar-refractivity contribution in [3.8, 4) is 5.75 Å². The number of hydrogen-bond donors (Lipinski definition) is 1. The molecule has 3 rings (SSSR count). The first-order valence-electron chi connectivity index (χ1n) is 6.75. The summed E-state index contributed by atoms with van der Waals surface area (Å²) in [6, 6.07) is 7.05. The van der Waals surface area contributed by atoms with Gasteiger partial charge in [0.1, 0.15) is 5.75 Å². The quantitative estimate of drug-likeness (QED) is 0.897. The molecule has 0 bridgehead atoms. The Balaban J connectivity index is 1.72. The first-order chi connectivity index (χ1) is 9.22. The summed E-state index contributed by atoms with van der Waals surface area (Å²) in [7, 11) is -0.588. The average Bonchev–Trinajstić information content (AvgIpc) is 2.42. The van der Waals surface area contributed by atoms with Crippen LogP contribution in [0.25, 0.3) is 0 Å². The van der Waals surface area contributed by atoms with E-state index in [1.807, 2.05) is 12.1 Å². The van der Waals surface area contributed by atoms with Crippen LogP contribution in [0.15, 0.2) is 22.7 Å². The minimum Gasteiger partial charge on any atom is -0.493 e. The van der Waals surface area contributed by atoms with Gasteiger partial charge in [-0.2, -0.15) is 0 Å². The average molecular weight is 344 g/mol. The van der Waals surface area contributed by atoms with E-state index in [-0.39, 0.29) is 0 Å². The van der Waals surface area contributed by atoms with Crippen molar-refractivity contribution in [3.05, 3.63) is 28.2 Å². The Hall–Kier alpha value is -0.390. The highest BCUT2D eigenvalue weighted by molar-refractivity contribution is 9.10. The number of benzene rings is 1. The molecule has 19 heavy (non-hydrogen) atoms. The molecule has 2 aliphatic heterocycles. The summed E-state index contributed by atoms with van der Waals surface area (Å²) in [5.74, 6) is 2.67. The maximum absolute atomic E-state index is 11.4. The highest BCUT2D eigenvalue weighted by Crippen LogP contribution is 2.34. The van der Waals surface area contributed by atoms with Gasteiger partial charge in [-0.15, -0.1) is 0 Å². The predicted octanol–water partition coefficient (Wildman–Crippen LogP) is 2.77. The summed E-state index contributed by atoms with van der Waals surface area (Å²) < 4.78 is 18.2. The van der Waals surface area contributed by atoms with Gasteiger partial charge in [-0.3, -0.25) is 4.21 Å². The third-order valence-electron chi connectivity index (χ3n) is 3.84. The summed E-state index contributed by atoms with van der Waals surface area (Å²) in [6.07, 6.45) is 3.05. The fourth-order valence-electron chi connectivity index (χ4n) is 2.78. The standard InChI is InChI=1S/C14H18BrNO2S/c15-10-1-2-14-12(9-10)13(3-6-18-14)16-11-4-7-19(17)8-5-11/h1-2,9,11,13,16H,3-8H2. The van der Waals surface area contributed by atoms with E-state index in [0.29, 0.717) is 12.1 Å². The predicted molar refractivity (Wildman–Crippen MR) is 81.0 cm³/mol. The molecule has 1 fully saturated rings. The summed E-state index contributed by atoms with van der Waals surface area (Å²) in [4.78, 5) is 0. The van der Waals surface area contributed by atoms with Crippen molar-refractivity contribution >= 4 is 26.7 Å². The third kappa shape index (κ3) is 3.20. The topological polar surface area (TPSA) is 38.3 Å². The zero-order valence-corrected chi connectivity index (χ0v) is 13.1. The van der Waals surface area contributed by atoms with Crippen LogP contribution in [0.2, 0.25) is 0 Å². The first kappa shape index (κ1) is 13.6. The normalized spacial score (nSPS) is 30.5. The summed E-state index contributed by atoms with van der Waals surface area (Å²) in [5, 5.41) is 3.73. The molecule has 1 aromatic rings. The molecular weight excluding hydrogens is 326 g/mol. The fourth-order valence-corrected chi connectivity index (χ4v) is 4.46. The van der Waals surface area contributed by atoms with Crippen LogP contribution >= 0.6 is 15.9 Å². The van der Waals surface area contributed by atoms with Gasteiger partial charge in [0.15, 0.2) is 0 Å². The minimum atomic E-state index is -0.588. The zero-order chi connectivity index (χ0) is 13.2. The van der Waals surface area contributed by atoms with Crippen molar-refractivity contribution in [2.75, 3.05) is 18.1 Å². The van der Waals surface area contributed by atoms with Gasteiger partial charge in [0.05, 0.1) is 6.61 Å². The molecule has 1 N–H and O–H groups in total. The van der Waals surface area contributed by atoms with E-state index in [9.17, 15) is 4.21 Å². The monoisotopic (exact) mass is 343 g/mol. The van der Waals surface area contributed by atoms with Crippen molar-refractivity contribution in [3.63, 3.8) is 0 Å². The Labute approximate surface area is 124 Å². The molecule has 1 saturated heterocycles. The van der Waals surface area contributed by atoms with E-state index in [4.69, 9.17) is 4.74 Å². The smallest absolute Gasteiger partial charge is 0.124 e. The number of halogens is 1. The van der Waals surface area contributed by atoms with Crippen LogP contribution in [-0.2, 0) is 10.8 Å². The Kier molecular flexibility index (Phi) is 4.24. The van der Waals surface area contributed by atoms with Gasteiger partial charge in [-0.25, -0.2) is 0 Å². The maximum Gasteiger partial charge on any atom is 0.124 e. The second-order valence-corrected chi connectivity index (χ2v) is 7.77. The molecule has 1 atom stereocenters. The fraction of sp³-hybridized carbons (Fsp3) is 0.571. The Bertz CT molecular complexity index is 484. The molecule has 0 aromatic heterocycles. The molecule has 0 amide bonds. The van der Waals surface area contributed by atoms with E-state index in [1.54, 1.807) is 0 Å². The molecule has 1 aromatic carbocycles. The number of fused-ring (bicyclic) bond motifs is 1. The zero-order valence-electron chi connectivity index (χ0n) is 10.7.